The zero-order valence-corrected chi connectivity index (χ0v) is 11.7. The van der Waals surface area contributed by atoms with Gasteiger partial charge in [0.2, 0.25) is 0 Å². The van der Waals surface area contributed by atoms with Crippen LogP contribution in [0, 0.1) is 0 Å². The minimum atomic E-state index is -0.906. The summed E-state index contributed by atoms with van der Waals surface area (Å²) in [7, 11) is 0. The molecule has 1 heterocycles. The van der Waals surface area contributed by atoms with Gasteiger partial charge in [-0.15, -0.1) is 0 Å². The predicted octanol–water partition coefficient (Wildman–Crippen LogP) is 4.23. The third-order valence-corrected chi connectivity index (χ3v) is 3.83. The van der Waals surface area contributed by atoms with Crippen LogP contribution in [0.4, 0.5) is 0 Å². The molecule has 0 aliphatic heterocycles. The SMILES string of the molecule is OC(c1cccc(Cl)c1Cl)c1ncccc1Br. The van der Waals surface area contributed by atoms with Gasteiger partial charge in [-0.05, 0) is 34.1 Å². The molecule has 88 valence electrons. The van der Waals surface area contributed by atoms with E-state index in [0.717, 1.165) is 4.47 Å². The molecule has 1 aromatic carbocycles. The Bertz CT molecular complexity index is 548. The predicted molar refractivity (Wildman–Crippen MR) is 72.5 cm³/mol. The summed E-state index contributed by atoms with van der Waals surface area (Å²) in [4.78, 5) is 4.13. The Morgan fingerprint density at radius 2 is 1.94 bits per heavy atom. The van der Waals surface area contributed by atoms with Gasteiger partial charge in [0.05, 0.1) is 15.7 Å². The topological polar surface area (TPSA) is 33.1 Å². The van der Waals surface area contributed by atoms with Crippen LogP contribution in [-0.2, 0) is 0 Å². The van der Waals surface area contributed by atoms with Crippen LogP contribution < -0.4 is 0 Å². The van der Waals surface area contributed by atoms with Crippen LogP contribution in [0.1, 0.15) is 17.4 Å². The van der Waals surface area contributed by atoms with Crippen molar-refractivity contribution >= 4 is 39.1 Å². The lowest BCUT2D eigenvalue weighted by Crippen LogP contribution is -2.04. The maximum absolute atomic E-state index is 10.2. The van der Waals surface area contributed by atoms with Crippen LogP contribution in [0.3, 0.4) is 0 Å². The van der Waals surface area contributed by atoms with Crippen molar-refractivity contribution in [3.8, 4) is 0 Å². The van der Waals surface area contributed by atoms with Crippen molar-refractivity contribution < 1.29 is 5.11 Å². The molecular weight excluding hydrogens is 325 g/mol. The van der Waals surface area contributed by atoms with Gasteiger partial charge in [0.15, 0.2) is 0 Å². The van der Waals surface area contributed by atoms with Crippen molar-refractivity contribution in [1.82, 2.24) is 4.98 Å². The highest BCUT2D eigenvalue weighted by Crippen LogP contribution is 2.34. The van der Waals surface area contributed by atoms with Crippen LogP contribution in [0.15, 0.2) is 41.0 Å². The molecule has 1 N–H and O–H groups in total. The van der Waals surface area contributed by atoms with Gasteiger partial charge in [0.1, 0.15) is 6.10 Å². The Hall–Kier alpha value is -0.610. The quantitative estimate of drug-likeness (QED) is 0.892. The summed E-state index contributed by atoms with van der Waals surface area (Å²) in [5, 5.41) is 11.0. The molecule has 0 fully saturated rings. The van der Waals surface area contributed by atoms with Crippen molar-refractivity contribution in [1.29, 1.82) is 0 Å². The van der Waals surface area contributed by atoms with E-state index in [9.17, 15) is 5.11 Å². The molecule has 2 nitrogen and oxygen atoms in total. The number of hydrogen-bond acceptors (Lipinski definition) is 2. The maximum atomic E-state index is 10.2. The molecule has 0 spiro atoms. The molecule has 0 amide bonds. The Kier molecular flexibility index (Phi) is 4.05. The van der Waals surface area contributed by atoms with E-state index in [1.807, 2.05) is 6.07 Å². The fraction of sp³-hybridized carbons (Fsp3) is 0.0833. The minimum Gasteiger partial charge on any atom is -0.382 e. The lowest BCUT2D eigenvalue weighted by atomic mass is 10.1. The zero-order valence-electron chi connectivity index (χ0n) is 8.57. The molecule has 0 bridgehead atoms. The standard InChI is InChI=1S/C12H8BrCl2NO/c13-8-4-2-6-16-11(8)12(17)7-3-1-5-9(14)10(7)15/h1-6,12,17H. The van der Waals surface area contributed by atoms with Gasteiger partial charge in [-0.3, -0.25) is 4.98 Å². The second-order valence-electron chi connectivity index (χ2n) is 3.42. The number of rotatable bonds is 2. The molecule has 1 unspecified atom stereocenters. The average Bonchev–Trinajstić information content (AvgIpc) is 2.32. The van der Waals surface area contributed by atoms with E-state index < -0.39 is 6.10 Å². The molecule has 0 aliphatic rings. The molecule has 0 saturated carbocycles. The number of pyridine rings is 1. The second-order valence-corrected chi connectivity index (χ2v) is 5.06. The molecule has 17 heavy (non-hydrogen) atoms. The third-order valence-electron chi connectivity index (χ3n) is 2.32. The molecule has 1 aromatic heterocycles. The van der Waals surface area contributed by atoms with Crippen molar-refractivity contribution in [2.75, 3.05) is 0 Å². The molecule has 1 atom stereocenters. The molecule has 0 radical (unpaired) electrons. The summed E-state index contributed by atoms with van der Waals surface area (Å²) < 4.78 is 0.726. The van der Waals surface area contributed by atoms with Crippen LogP contribution >= 0.6 is 39.1 Å². The molecule has 2 aromatic rings. The second kappa shape index (κ2) is 5.36. The fourth-order valence-electron chi connectivity index (χ4n) is 1.48. The summed E-state index contributed by atoms with van der Waals surface area (Å²) in [6.07, 6.45) is 0.707. The van der Waals surface area contributed by atoms with E-state index >= 15 is 0 Å². The van der Waals surface area contributed by atoms with Crippen LogP contribution in [0.2, 0.25) is 10.0 Å². The lowest BCUT2D eigenvalue weighted by Gasteiger charge is -2.14. The van der Waals surface area contributed by atoms with E-state index in [0.29, 0.717) is 21.3 Å². The summed E-state index contributed by atoms with van der Waals surface area (Å²) in [5.74, 6) is 0. The molecular formula is C12H8BrCl2NO. The first kappa shape index (κ1) is 12.8. The van der Waals surface area contributed by atoms with Crippen LogP contribution in [0.25, 0.3) is 0 Å². The Morgan fingerprint density at radius 1 is 1.18 bits per heavy atom. The molecule has 0 saturated heterocycles. The Labute approximate surface area is 117 Å². The van der Waals surface area contributed by atoms with Crippen LogP contribution in [-0.4, -0.2) is 10.1 Å². The highest BCUT2D eigenvalue weighted by atomic mass is 79.9. The van der Waals surface area contributed by atoms with Gasteiger partial charge in [-0.25, -0.2) is 0 Å². The number of hydrogen-bond donors (Lipinski definition) is 1. The van der Waals surface area contributed by atoms with E-state index in [2.05, 4.69) is 20.9 Å². The van der Waals surface area contributed by atoms with Crippen molar-refractivity contribution in [2.45, 2.75) is 6.10 Å². The van der Waals surface area contributed by atoms with Crippen molar-refractivity contribution in [2.24, 2.45) is 0 Å². The molecule has 0 aliphatic carbocycles. The lowest BCUT2D eigenvalue weighted by molar-refractivity contribution is 0.214. The number of aliphatic hydroxyl groups is 1. The first-order valence-corrected chi connectivity index (χ1v) is 6.38. The van der Waals surface area contributed by atoms with E-state index in [1.54, 1.807) is 30.5 Å². The first-order chi connectivity index (χ1) is 8.11. The summed E-state index contributed by atoms with van der Waals surface area (Å²) >= 11 is 15.3. The van der Waals surface area contributed by atoms with Crippen molar-refractivity contribution in [3.63, 3.8) is 0 Å². The highest BCUT2D eigenvalue weighted by molar-refractivity contribution is 9.10. The number of aromatic nitrogens is 1. The fourth-order valence-corrected chi connectivity index (χ4v) is 2.36. The molecule has 2 rings (SSSR count). The van der Waals surface area contributed by atoms with Gasteiger partial charge in [-0.2, -0.15) is 0 Å². The zero-order chi connectivity index (χ0) is 12.4. The Morgan fingerprint density at radius 3 is 2.65 bits per heavy atom. The van der Waals surface area contributed by atoms with E-state index in [1.165, 1.54) is 0 Å². The van der Waals surface area contributed by atoms with Gasteiger partial charge >= 0.3 is 0 Å². The number of aliphatic hydroxyl groups excluding tert-OH is 1. The summed E-state index contributed by atoms with van der Waals surface area (Å²) in [5.41, 5.74) is 1.05. The van der Waals surface area contributed by atoms with Gasteiger partial charge in [0, 0.05) is 16.2 Å². The Balaban J connectivity index is 2.48. The van der Waals surface area contributed by atoms with Gasteiger partial charge in [0.25, 0.3) is 0 Å². The number of nitrogens with zero attached hydrogens (tertiary/aromatic N) is 1. The summed E-state index contributed by atoms with van der Waals surface area (Å²) in [6, 6.07) is 8.72. The number of benzene rings is 1. The van der Waals surface area contributed by atoms with E-state index in [-0.39, 0.29) is 0 Å². The largest absolute Gasteiger partial charge is 0.382 e. The van der Waals surface area contributed by atoms with E-state index in [4.69, 9.17) is 23.2 Å². The minimum absolute atomic E-state index is 0.346. The highest BCUT2D eigenvalue weighted by Gasteiger charge is 2.18. The first-order valence-electron chi connectivity index (χ1n) is 4.83. The van der Waals surface area contributed by atoms with Crippen molar-refractivity contribution in [3.05, 3.63) is 62.3 Å². The normalized spacial score (nSPS) is 12.5. The van der Waals surface area contributed by atoms with Gasteiger partial charge in [-0.1, -0.05) is 35.3 Å². The smallest absolute Gasteiger partial charge is 0.124 e. The monoisotopic (exact) mass is 331 g/mol. The average molecular weight is 333 g/mol. The van der Waals surface area contributed by atoms with Crippen LogP contribution in [0.5, 0.6) is 0 Å². The third kappa shape index (κ3) is 2.63. The van der Waals surface area contributed by atoms with Gasteiger partial charge < -0.3 is 5.11 Å². The maximum Gasteiger partial charge on any atom is 0.124 e. The summed E-state index contributed by atoms with van der Waals surface area (Å²) in [6.45, 7) is 0. The molecule has 5 heteroatoms. The number of halogens is 3.